The zero-order valence-electron chi connectivity index (χ0n) is 21.4. The number of carbonyl (C=O) groups is 4. The Bertz CT molecular complexity index is 1380. The summed E-state index contributed by atoms with van der Waals surface area (Å²) in [5, 5.41) is 16.4. The number of carboxylic acids is 1. The monoisotopic (exact) mass is 517 g/mol. The molecule has 2 aliphatic rings. The van der Waals surface area contributed by atoms with Gasteiger partial charge >= 0.3 is 5.97 Å². The van der Waals surface area contributed by atoms with Crippen LogP contribution in [-0.4, -0.2) is 46.9 Å². The Balaban J connectivity index is 1.31. The molecule has 0 bridgehead atoms. The number of nitrogens with one attached hydrogen (secondary N) is 2. The molecule has 0 radical (unpaired) electrons. The highest BCUT2D eigenvalue weighted by Crippen LogP contribution is 2.39. The molecule has 0 saturated carbocycles. The highest BCUT2D eigenvalue weighted by molar-refractivity contribution is 6.07. The lowest BCUT2D eigenvalue weighted by Gasteiger charge is -2.29. The van der Waals surface area contributed by atoms with E-state index in [1.165, 1.54) is 4.90 Å². The number of fused-ring (bicyclic) bond motifs is 1. The number of benzene rings is 2. The van der Waals surface area contributed by atoms with Crippen LogP contribution in [0.2, 0.25) is 0 Å². The van der Waals surface area contributed by atoms with Crippen molar-refractivity contribution in [2.75, 3.05) is 4.90 Å². The maximum atomic E-state index is 13.6. The minimum Gasteiger partial charge on any atom is -0.480 e. The second kappa shape index (κ2) is 10.3. The van der Waals surface area contributed by atoms with Crippen LogP contribution in [0.4, 0.5) is 5.69 Å². The highest BCUT2D eigenvalue weighted by atomic mass is 16.4. The molecule has 0 fully saturated rings. The molecular weight excluding hydrogens is 486 g/mol. The number of aryl methyl sites for hydroxylation is 1. The molecule has 2 aromatic carbocycles. The summed E-state index contributed by atoms with van der Waals surface area (Å²) in [7, 11) is 0. The molecular formula is C29H31N3O6. The number of para-hydroxylation sites is 2. The minimum atomic E-state index is -1.08. The van der Waals surface area contributed by atoms with E-state index in [-0.39, 0.29) is 24.7 Å². The molecule has 9 nitrogen and oxygen atoms in total. The fourth-order valence-corrected chi connectivity index (χ4v) is 5.43. The molecule has 0 saturated heterocycles. The molecule has 0 unspecified atom stereocenters. The van der Waals surface area contributed by atoms with E-state index in [0.29, 0.717) is 36.3 Å². The Morgan fingerprint density at radius 2 is 1.89 bits per heavy atom. The van der Waals surface area contributed by atoms with Gasteiger partial charge in [-0.25, -0.2) is 4.79 Å². The Morgan fingerprint density at radius 3 is 2.63 bits per heavy atom. The SMILES string of the molecule is CC[C@H](C)[C@H](NC(=O)Cc1cc2ccccc2o1)C(=O)N[C@H]1CCc2cccc3c2N(C1=O)[C@H](C(=O)O)C3. The van der Waals surface area contributed by atoms with Crippen molar-refractivity contribution in [1.29, 1.82) is 0 Å². The lowest BCUT2D eigenvalue weighted by Crippen LogP contribution is -2.57. The Kier molecular flexibility index (Phi) is 6.93. The number of amides is 3. The van der Waals surface area contributed by atoms with Gasteiger partial charge in [0.2, 0.25) is 17.7 Å². The van der Waals surface area contributed by atoms with Gasteiger partial charge in [-0.2, -0.15) is 0 Å². The maximum absolute atomic E-state index is 13.6. The van der Waals surface area contributed by atoms with Crippen LogP contribution < -0.4 is 15.5 Å². The first-order chi connectivity index (χ1) is 18.3. The molecule has 38 heavy (non-hydrogen) atoms. The predicted molar refractivity (Wildman–Crippen MR) is 141 cm³/mol. The van der Waals surface area contributed by atoms with Crippen molar-refractivity contribution in [2.45, 2.75) is 64.1 Å². The van der Waals surface area contributed by atoms with Gasteiger partial charge in [-0.15, -0.1) is 0 Å². The van der Waals surface area contributed by atoms with Gasteiger partial charge in [0, 0.05) is 11.8 Å². The van der Waals surface area contributed by atoms with Crippen molar-refractivity contribution >= 4 is 40.3 Å². The van der Waals surface area contributed by atoms with Gasteiger partial charge in [0.15, 0.2) is 0 Å². The zero-order valence-corrected chi connectivity index (χ0v) is 21.4. The van der Waals surface area contributed by atoms with Gasteiger partial charge in [-0.05, 0) is 42.0 Å². The molecule has 3 aromatic rings. The lowest BCUT2D eigenvalue weighted by atomic mass is 9.97. The van der Waals surface area contributed by atoms with E-state index in [9.17, 15) is 24.3 Å². The molecule has 3 amide bonds. The Labute approximate surface area is 220 Å². The maximum Gasteiger partial charge on any atom is 0.327 e. The number of aliphatic carboxylic acids is 1. The summed E-state index contributed by atoms with van der Waals surface area (Å²) in [6, 6.07) is 12.1. The van der Waals surface area contributed by atoms with E-state index >= 15 is 0 Å². The average Bonchev–Trinajstić information content (AvgIpc) is 3.46. The molecule has 0 spiro atoms. The van der Waals surface area contributed by atoms with Crippen molar-refractivity contribution in [3.8, 4) is 0 Å². The zero-order chi connectivity index (χ0) is 27.0. The van der Waals surface area contributed by atoms with Gasteiger partial charge in [0.1, 0.15) is 29.5 Å². The summed E-state index contributed by atoms with van der Waals surface area (Å²) >= 11 is 0. The molecule has 3 heterocycles. The topological polar surface area (TPSA) is 129 Å². The second-order valence-corrected chi connectivity index (χ2v) is 10.1. The van der Waals surface area contributed by atoms with Crippen LogP contribution in [0.1, 0.15) is 43.6 Å². The number of nitrogens with zero attached hydrogens (tertiary/aromatic N) is 1. The molecule has 198 valence electrons. The van der Waals surface area contributed by atoms with E-state index in [0.717, 1.165) is 16.5 Å². The fourth-order valence-electron chi connectivity index (χ4n) is 5.43. The van der Waals surface area contributed by atoms with Gasteiger partial charge in [-0.1, -0.05) is 56.7 Å². The standard InChI is InChI=1S/C29H31N3O6/c1-3-16(2)25(31-24(33)15-20-13-18-7-4-5-10-23(18)38-20)27(34)30-21-12-11-17-8-6-9-19-14-22(29(36)37)32(26(17)19)28(21)35/h4-10,13,16,21-22,25H,3,11-12,14-15H2,1-2H3,(H,30,34)(H,31,33)(H,36,37)/t16-,21-,22-,25-/m0/s1. The molecule has 2 aliphatic heterocycles. The summed E-state index contributed by atoms with van der Waals surface area (Å²) in [6.07, 6.45) is 1.70. The minimum absolute atomic E-state index is 0.0244. The first kappa shape index (κ1) is 25.5. The Morgan fingerprint density at radius 1 is 1.13 bits per heavy atom. The largest absolute Gasteiger partial charge is 0.480 e. The van der Waals surface area contributed by atoms with Gasteiger partial charge in [0.05, 0.1) is 12.1 Å². The van der Waals surface area contributed by atoms with Crippen LogP contribution in [0.15, 0.2) is 52.9 Å². The van der Waals surface area contributed by atoms with Crippen LogP contribution in [0, 0.1) is 5.92 Å². The Hall–Kier alpha value is -4.14. The third kappa shape index (κ3) is 4.76. The van der Waals surface area contributed by atoms with Crippen molar-refractivity contribution in [1.82, 2.24) is 10.6 Å². The molecule has 5 rings (SSSR count). The normalized spacial score (nSPS) is 19.9. The van der Waals surface area contributed by atoms with Gasteiger partial charge in [-0.3, -0.25) is 19.3 Å². The summed E-state index contributed by atoms with van der Waals surface area (Å²) < 4.78 is 5.75. The van der Waals surface area contributed by atoms with E-state index in [1.54, 1.807) is 6.07 Å². The van der Waals surface area contributed by atoms with Crippen LogP contribution in [-0.2, 0) is 38.4 Å². The smallest absolute Gasteiger partial charge is 0.327 e. The van der Waals surface area contributed by atoms with Crippen LogP contribution in [0.3, 0.4) is 0 Å². The third-order valence-corrected chi connectivity index (χ3v) is 7.63. The number of carbonyl (C=O) groups excluding carboxylic acids is 3. The number of hydrogen-bond donors (Lipinski definition) is 3. The van der Waals surface area contributed by atoms with E-state index in [4.69, 9.17) is 4.42 Å². The van der Waals surface area contributed by atoms with Gasteiger partial charge < -0.3 is 20.2 Å². The number of furan rings is 1. The lowest BCUT2D eigenvalue weighted by molar-refractivity contribution is -0.140. The average molecular weight is 518 g/mol. The van der Waals surface area contributed by atoms with Crippen molar-refractivity contribution in [2.24, 2.45) is 5.92 Å². The van der Waals surface area contributed by atoms with Crippen molar-refractivity contribution < 1.29 is 28.7 Å². The molecule has 3 N–H and O–H groups in total. The van der Waals surface area contributed by atoms with E-state index in [2.05, 4.69) is 10.6 Å². The molecule has 9 heteroatoms. The van der Waals surface area contributed by atoms with E-state index < -0.39 is 35.9 Å². The summed E-state index contributed by atoms with van der Waals surface area (Å²) in [5.74, 6) is -2.05. The van der Waals surface area contributed by atoms with E-state index in [1.807, 2.05) is 56.3 Å². The number of hydrogen-bond acceptors (Lipinski definition) is 5. The number of carboxylic acid groups (broad SMARTS) is 1. The van der Waals surface area contributed by atoms with Crippen LogP contribution in [0.25, 0.3) is 11.0 Å². The molecule has 1 aromatic heterocycles. The van der Waals surface area contributed by atoms with Crippen molar-refractivity contribution in [3.05, 3.63) is 65.4 Å². The number of rotatable bonds is 8. The quantitative estimate of drug-likeness (QED) is 0.421. The van der Waals surface area contributed by atoms with Crippen LogP contribution in [0.5, 0.6) is 0 Å². The third-order valence-electron chi connectivity index (χ3n) is 7.63. The summed E-state index contributed by atoms with van der Waals surface area (Å²) in [4.78, 5) is 53.3. The predicted octanol–water partition coefficient (Wildman–Crippen LogP) is 2.98. The first-order valence-corrected chi connectivity index (χ1v) is 13.0. The van der Waals surface area contributed by atoms with Gasteiger partial charge in [0.25, 0.3) is 0 Å². The second-order valence-electron chi connectivity index (χ2n) is 10.1. The first-order valence-electron chi connectivity index (χ1n) is 13.0. The fraction of sp³-hybridized carbons (Fsp3) is 0.379. The van der Waals surface area contributed by atoms with Crippen LogP contribution >= 0.6 is 0 Å². The number of anilines is 1. The molecule has 0 aliphatic carbocycles. The highest BCUT2D eigenvalue weighted by Gasteiger charge is 2.44. The summed E-state index contributed by atoms with van der Waals surface area (Å²) in [6.45, 7) is 3.79. The van der Waals surface area contributed by atoms with Crippen molar-refractivity contribution in [3.63, 3.8) is 0 Å². The summed E-state index contributed by atoms with van der Waals surface area (Å²) in [5.41, 5.74) is 3.06. The molecule has 4 atom stereocenters.